The van der Waals surface area contributed by atoms with E-state index in [0.29, 0.717) is 25.5 Å². The summed E-state index contributed by atoms with van der Waals surface area (Å²) >= 11 is 0. The quantitative estimate of drug-likeness (QED) is 0.598. The summed E-state index contributed by atoms with van der Waals surface area (Å²) in [6.07, 6.45) is 3.25. The topological polar surface area (TPSA) is 104 Å². The molecule has 166 valence electrons. The lowest BCUT2D eigenvalue weighted by Crippen LogP contribution is -2.56. The number of rotatable bonds is 7. The van der Waals surface area contributed by atoms with Crippen molar-refractivity contribution >= 4 is 11.8 Å². The normalized spacial score (nSPS) is 16.6. The molecule has 0 bridgehead atoms. The lowest BCUT2D eigenvalue weighted by atomic mass is 10.1. The van der Waals surface area contributed by atoms with Crippen molar-refractivity contribution in [2.24, 2.45) is 0 Å². The van der Waals surface area contributed by atoms with Crippen LogP contribution in [0.5, 0.6) is 0 Å². The molecule has 4 rings (SSSR count). The fraction of sp³-hybridized carbons (Fsp3) is 0.318. The van der Waals surface area contributed by atoms with Crippen molar-refractivity contribution in [2.45, 2.75) is 25.6 Å². The van der Waals surface area contributed by atoms with Crippen LogP contribution in [0.15, 0.2) is 53.3 Å². The van der Waals surface area contributed by atoms with E-state index in [4.69, 9.17) is 4.52 Å². The molecule has 1 aliphatic heterocycles. The number of carbonyl (C=O) groups excluding carboxylic acids is 2. The van der Waals surface area contributed by atoms with Crippen LogP contribution in [0.3, 0.4) is 0 Å². The van der Waals surface area contributed by atoms with Gasteiger partial charge in [0.25, 0.3) is 0 Å². The molecule has 10 heteroatoms. The molecule has 3 aromatic rings. The number of nitrogens with one attached hydrogen (secondary N) is 1. The molecule has 1 atom stereocenters. The first-order valence-electron chi connectivity index (χ1n) is 10.2. The zero-order valence-electron chi connectivity index (χ0n) is 17.6. The molecule has 2 aromatic heterocycles. The summed E-state index contributed by atoms with van der Waals surface area (Å²) in [5.74, 6) is -0.0808. The van der Waals surface area contributed by atoms with Gasteiger partial charge in [0.2, 0.25) is 23.5 Å². The van der Waals surface area contributed by atoms with Crippen LogP contribution < -0.4 is 5.32 Å². The van der Waals surface area contributed by atoms with Crippen LogP contribution in [0.4, 0.5) is 4.39 Å². The van der Waals surface area contributed by atoms with Crippen molar-refractivity contribution in [1.29, 1.82) is 0 Å². The number of hydrogen-bond donors (Lipinski definition) is 1. The number of pyridine rings is 1. The van der Waals surface area contributed by atoms with Gasteiger partial charge >= 0.3 is 0 Å². The number of benzene rings is 1. The van der Waals surface area contributed by atoms with Gasteiger partial charge in [0.15, 0.2) is 0 Å². The van der Waals surface area contributed by atoms with Crippen LogP contribution >= 0.6 is 0 Å². The Labute approximate surface area is 184 Å². The Kier molecular flexibility index (Phi) is 6.50. The van der Waals surface area contributed by atoms with Gasteiger partial charge < -0.3 is 14.7 Å². The maximum atomic E-state index is 13.5. The van der Waals surface area contributed by atoms with Crippen LogP contribution in [-0.2, 0) is 22.7 Å². The zero-order valence-corrected chi connectivity index (χ0v) is 17.6. The highest BCUT2D eigenvalue weighted by Gasteiger charge is 2.32. The molecular weight excluding hydrogens is 415 g/mol. The minimum absolute atomic E-state index is 0.0109. The fourth-order valence-corrected chi connectivity index (χ4v) is 3.59. The molecule has 9 nitrogen and oxygen atoms in total. The van der Waals surface area contributed by atoms with E-state index in [1.165, 1.54) is 17.0 Å². The molecule has 0 saturated carbocycles. The number of halogens is 1. The van der Waals surface area contributed by atoms with E-state index in [9.17, 15) is 14.0 Å². The smallest absolute Gasteiger partial charge is 0.246 e. The Morgan fingerprint density at radius 1 is 1.31 bits per heavy atom. The Morgan fingerprint density at radius 2 is 2.12 bits per heavy atom. The maximum Gasteiger partial charge on any atom is 0.246 e. The minimum atomic E-state index is -0.642. The van der Waals surface area contributed by atoms with Crippen LogP contribution in [0.25, 0.3) is 11.4 Å². The summed E-state index contributed by atoms with van der Waals surface area (Å²) < 4.78 is 18.8. The second-order valence-electron chi connectivity index (χ2n) is 7.61. The average Bonchev–Trinajstić information content (AvgIpc) is 3.25. The predicted octanol–water partition coefficient (Wildman–Crippen LogP) is 1.62. The standard InChI is InChI=1S/C22H23FN6O3/c1-28(14-19-26-21(27-32-19)16-5-7-24-8-6-16)20(30)12-18-22(31)25-9-10-29(18)13-15-3-2-4-17(23)11-15/h2-8,11,18H,9-10,12-14H2,1H3,(H,25,31). The second kappa shape index (κ2) is 9.65. The van der Waals surface area contributed by atoms with Crippen molar-refractivity contribution in [2.75, 3.05) is 20.1 Å². The highest BCUT2D eigenvalue weighted by atomic mass is 19.1. The van der Waals surface area contributed by atoms with Gasteiger partial charge in [-0.25, -0.2) is 4.39 Å². The van der Waals surface area contributed by atoms with E-state index in [1.807, 2.05) is 4.90 Å². The van der Waals surface area contributed by atoms with Crippen molar-refractivity contribution in [3.8, 4) is 11.4 Å². The number of hydrogen-bond acceptors (Lipinski definition) is 7. The summed E-state index contributed by atoms with van der Waals surface area (Å²) in [5, 5.41) is 6.74. The first-order valence-corrected chi connectivity index (χ1v) is 10.2. The largest absolute Gasteiger partial charge is 0.353 e. The van der Waals surface area contributed by atoms with Crippen LogP contribution in [0.2, 0.25) is 0 Å². The molecule has 1 unspecified atom stereocenters. The van der Waals surface area contributed by atoms with E-state index in [2.05, 4.69) is 20.4 Å². The van der Waals surface area contributed by atoms with E-state index in [0.717, 1.165) is 11.1 Å². The molecule has 0 spiro atoms. The third-order valence-electron chi connectivity index (χ3n) is 5.29. The molecule has 0 radical (unpaired) electrons. The Morgan fingerprint density at radius 3 is 2.91 bits per heavy atom. The van der Waals surface area contributed by atoms with Crippen molar-refractivity contribution in [1.82, 2.24) is 30.2 Å². The van der Waals surface area contributed by atoms with Crippen molar-refractivity contribution < 1.29 is 18.5 Å². The van der Waals surface area contributed by atoms with E-state index >= 15 is 0 Å². The second-order valence-corrected chi connectivity index (χ2v) is 7.61. The minimum Gasteiger partial charge on any atom is -0.353 e. The summed E-state index contributed by atoms with van der Waals surface area (Å²) in [6, 6.07) is 9.13. The van der Waals surface area contributed by atoms with Gasteiger partial charge in [-0.1, -0.05) is 17.3 Å². The fourth-order valence-electron chi connectivity index (χ4n) is 3.59. The number of piperazine rings is 1. The number of carbonyl (C=O) groups is 2. The molecule has 3 heterocycles. The van der Waals surface area contributed by atoms with Gasteiger partial charge in [-0.05, 0) is 29.8 Å². The highest BCUT2D eigenvalue weighted by molar-refractivity contribution is 5.88. The number of amides is 2. The summed E-state index contributed by atoms with van der Waals surface area (Å²) in [6.45, 7) is 1.55. The highest BCUT2D eigenvalue weighted by Crippen LogP contribution is 2.17. The summed E-state index contributed by atoms with van der Waals surface area (Å²) in [5.41, 5.74) is 1.51. The number of aromatic nitrogens is 3. The van der Waals surface area contributed by atoms with Gasteiger partial charge in [0, 0.05) is 44.6 Å². The predicted molar refractivity (Wildman–Crippen MR) is 112 cm³/mol. The lowest BCUT2D eigenvalue weighted by Gasteiger charge is -2.35. The maximum absolute atomic E-state index is 13.5. The van der Waals surface area contributed by atoms with Crippen LogP contribution in [0, 0.1) is 5.82 Å². The molecule has 32 heavy (non-hydrogen) atoms. The molecule has 1 fully saturated rings. The van der Waals surface area contributed by atoms with Gasteiger partial charge in [-0.15, -0.1) is 0 Å². The Bertz CT molecular complexity index is 1090. The summed E-state index contributed by atoms with van der Waals surface area (Å²) in [4.78, 5) is 37.0. The van der Waals surface area contributed by atoms with Gasteiger partial charge in [-0.3, -0.25) is 19.5 Å². The van der Waals surface area contributed by atoms with Crippen molar-refractivity contribution in [3.63, 3.8) is 0 Å². The third-order valence-corrected chi connectivity index (χ3v) is 5.29. The Hall–Kier alpha value is -3.66. The van der Waals surface area contributed by atoms with Crippen LogP contribution in [-0.4, -0.2) is 62.9 Å². The first-order chi connectivity index (χ1) is 15.5. The molecule has 2 amide bonds. The van der Waals surface area contributed by atoms with E-state index < -0.39 is 6.04 Å². The van der Waals surface area contributed by atoms with Gasteiger partial charge in [0.05, 0.1) is 19.0 Å². The molecule has 0 aliphatic carbocycles. The lowest BCUT2D eigenvalue weighted by molar-refractivity contribution is -0.138. The Balaban J connectivity index is 1.39. The molecule has 1 saturated heterocycles. The number of nitrogens with zero attached hydrogens (tertiary/aromatic N) is 5. The SMILES string of the molecule is CN(Cc1nc(-c2ccncc2)no1)C(=O)CC1C(=O)NCCN1Cc1cccc(F)c1. The van der Waals surface area contributed by atoms with Crippen LogP contribution in [0.1, 0.15) is 17.9 Å². The molecule has 1 aliphatic rings. The van der Waals surface area contributed by atoms with E-state index in [-0.39, 0.29) is 36.5 Å². The molecular formula is C22H23FN6O3. The average molecular weight is 438 g/mol. The van der Waals surface area contributed by atoms with Gasteiger partial charge in [-0.2, -0.15) is 4.98 Å². The zero-order chi connectivity index (χ0) is 22.5. The van der Waals surface area contributed by atoms with Crippen molar-refractivity contribution in [3.05, 3.63) is 66.1 Å². The third kappa shape index (κ3) is 5.14. The van der Waals surface area contributed by atoms with Gasteiger partial charge in [0.1, 0.15) is 5.82 Å². The monoisotopic (exact) mass is 438 g/mol. The first kappa shape index (κ1) is 21.6. The molecule has 1 aromatic carbocycles. The molecule has 1 N–H and O–H groups in total. The summed E-state index contributed by atoms with van der Waals surface area (Å²) in [7, 11) is 1.62. The van der Waals surface area contributed by atoms with E-state index in [1.54, 1.807) is 43.7 Å².